The van der Waals surface area contributed by atoms with Crippen molar-refractivity contribution in [1.82, 2.24) is 4.98 Å². The summed E-state index contributed by atoms with van der Waals surface area (Å²) in [6.45, 7) is 1.80. The highest BCUT2D eigenvalue weighted by molar-refractivity contribution is 5.97. The molecule has 4 N–H and O–H groups in total. The highest BCUT2D eigenvalue weighted by atomic mass is 16.4. The highest BCUT2D eigenvalue weighted by Crippen LogP contribution is 2.24. The number of carbonyl (C=O) groups excluding carboxylic acids is 1. The molecule has 1 unspecified atom stereocenters. The maximum absolute atomic E-state index is 11.5. The molecule has 20 heavy (non-hydrogen) atoms. The van der Waals surface area contributed by atoms with Gasteiger partial charge < -0.3 is 16.2 Å². The van der Waals surface area contributed by atoms with Crippen LogP contribution in [0.4, 0.5) is 5.82 Å². The molecule has 0 spiro atoms. The Morgan fingerprint density at radius 3 is 2.80 bits per heavy atom. The summed E-state index contributed by atoms with van der Waals surface area (Å²) < 4.78 is 0. The molecule has 0 aromatic carbocycles. The van der Waals surface area contributed by atoms with E-state index < -0.39 is 17.8 Å². The number of hydrogen-bond donors (Lipinski definition) is 3. The number of anilines is 1. The number of fused-ring (bicyclic) bond motifs is 1. The van der Waals surface area contributed by atoms with Crippen LogP contribution in [-0.4, -0.2) is 28.5 Å². The molecule has 108 valence electrons. The van der Waals surface area contributed by atoms with E-state index in [1.165, 1.54) is 0 Å². The molecule has 1 amide bonds. The lowest BCUT2D eigenvalue weighted by molar-refractivity contribution is -0.140. The van der Waals surface area contributed by atoms with Crippen LogP contribution in [0.15, 0.2) is 6.07 Å². The molecule has 0 saturated heterocycles. The Bertz CT molecular complexity index is 543. The number of amides is 1. The van der Waals surface area contributed by atoms with Crippen molar-refractivity contribution in [2.24, 2.45) is 11.7 Å². The molecular weight excluding hydrogens is 258 g/mol. The number of carboxylic acid groups (broad SMARTS) is 1. The number of nitrogens with zero attached hydrogens (tertiary/aromatic N) is 1. The summed E-state index contributed by atoms with van der Waals surface area (Å²) in [5.74, 6) is -1.60. The Kier molecular flexibility index (Phi) is 4.22. The number of nitrogens with one attached hydrogen (secondary N) is 1. The van der Waals surface area contributed by atoms with Gasteiger partial charge in [0.15, 0.2) is 0 Å². The third-order valence-electron chi connectivity index (χ3n) is 3.56. The molecule has 1 atom stereocenters. The summed E-state index contributed by atoms with van der Waals surface area (Å²) in [6.07, 6.45) is 3.97. The number of hydrogen-bond acceptors (Lipinski definition) is 4. The van der Waals surface area contributed by atoms with Crippen LogP contribution in [0.25, 0.3) is 0 Å². The zero-order chi connectivity index (χ0) is 14.7. The number of pyridine rings is 1. The first-order valence-corrected chi connectivity index (χ1v) is 6.78. The molecule has 6 heteroatoms. The lowest BCUT2D eigenvalue weighted by Crippen LogP contribution is -2.23. The molecule has 0 radical (unpaired) electrons. The van der Waals surface area contributed by atoms with Gasteiger partial charge in [-0.05, 0) is 37.3 Å². The third kappa shape index (κ3) is 3.07. The van der Waals surface area contributed by atoms with Crippen LogP contribution in [0.2, 0.25) is 0 Å². The number of aryl methyl sites for hydroxylation is 2. The van der Waals surface area contributed by atoms with E-state index in [0.29, 0.717) is 11.4 Å². The van der Waals surface area contributed by atoms with Gasteiger partial charge >= 0.3 is 5.97 Å². The molecule has 1 aliphatic carbocycles. The monoisotopic (exact) mass is 277 g/mol. The Morgan fingerprint density at radius 1 is 1.45 bits per heavy atom. The summed E-state index contributed by atoms with van der Waals surface area (Å²) in [7, 11) is 0. The minimum absolute atomic E-state index is 0.210. The minimum Gasteiger partial charge on any atom is -0.481 e. The molecule has 0 aliphatic heterocycles. The Hall–Kier alpha value is -2.11. The van der Waals surface area contributed by atoms with Gasteiger partial charge in [-0.15, -0.1) is 0 Å². The summed E-state index contributed by atoms with van der Waals surface area (Å²) in [5.41, 5.74) is 7.76. The van der Waals surface area contributed by atoms with Crippen molar-refractivity contribution in [2.45, 2.75) is 32.6 Å². The maximum Gasteiger partial charge on any atom is 0.308 e. The Balaban J connectivity index is 2.25. The van der Waals surface area contributed by atoms with E-state index in [4.69, 9.17) is 10.8 Å². The van der Waals surface area contributed by atoms with Gasteiger partial charge in [0.2, 0.25) is 0 Å². The maximum atomic E-state index is 11.5. The van der Waals surface area contributed by atoms with E-state index in [1.807, 2.05) is 0 Å². The van der Waals surface area contributed by atoms with Crippen molar-refractivity contribution < 1.29 is 14.7 Å². The molecule has 2 rings (SSSR count). The SMILES string of the molecule is CC(CNc1nc2c(cc1C(N)=O)CCCC2)C(=O)O. The molecule has 1 aliphatic rings. The van der Waals surface area contributed by atoms with E-state index in [-0.39, 0.29) is 6.54 Å². The zero-order valence-corrected chi connectivity index (χ0v) is 11.5. The van der Waals surface area contributed by atoms with Crippen molar-refractivity contribution in [3.8, 4) is 0 Å². The van der Waals surface area contributed by atoms with E-state index in [1.54, 1.807) is 13.0 Å². The molecule has 1 heterocycles. The first-order valence-electron chi connectivity index (χ1n) is 6.78. The fourth-order valence-electron chi connectivity index (χ4n) is 2.29. The molecule has 6 nitrogen and oxygen atoms in total. The van der Waals surface area contributed by atoms with Gasteiger partial charge in [-0.3, -0.25) is 9.59 Å². The number of rotatable bonds is 5. The number of carboxylic acids is 1. The smallest absolute Gasteiger partial charge is 0.308 e. The van der Waals surface area contributed by atoms with Crippen LogP contribution in [0, 0.1) is 5.92 Å². The van der Waals surface area contributed by atoms with Crippen molar-refractivity contribution in [2.75, 3.05) is 11.9 Å². The summed E-state index contributed by atoms with van der Waals surface area (Å²) >= 11 is 0. The number of primary amides is 1. The second-order valence-electron chi connectivity index (χ2n) is 5.18. The summed E-state index contributed by atoms with van der Waals surface area (Å²) in [6, 6.07) is 1.79. The second-order valence-corrected chi connectivity index (χ2v) is 5.18. The number of nitrogens with two attached hydrogens (primary N) is 1. The largest absolute Gasteiger partial charge is 0.481 e. The molecule has 1 aromatic heterocycles. The van der Waals surface area contributed by atoms with Gasteiger partial charge in [-0.1, -0.05) is 6.92 Å². The first kappa shape index (κ1) is 14.3. The average Bonchev–Trinajstić information content (AvgIpc) is 2.43. The van der Waals surface area contributed by atoms with Crippen molar-refractivity contribution >= 4 is 17.7 Å². The fraction of sp³-hybridized carbons (Fsp3) is 0.500. The second kappa shape index (κ2) is 5.90. The van der Waals surface area contributed by atoms with Gasteiger partial charge in [0.1, 0.15) is 5.82 Å². The summed E-state index contributed by atoms with van der Waals surface area (Å²) in [5, 5.41) is 11.8. The average molecular weight is 277 g/mol. The van der Waals surface area contributed by atoms with Gasteiger partial charge in [0, 0.05) is 12.2 Å². The number of carbonyl (C=O) groups is 2. The van der Waals surface area contributed by atoms with E-state index in [2.05, 4.69) is 10.3 Å². The minimum atomic E-state index is -0.893. The molecular formula is C14H19N3O3. The lowest BCUT2D eigenvalue weighted by Gasteiger charge is -2.19. The predicted molar refractivity (Wildman–Crippen MR) is 74.7 cm³/mol. The normalized spacial score (nSPS) is 15.2. The zero-order valence-electron chi connectivity index (χ0n) is 11.5. The van der Waals surface area contributed by atoms with Gasteiger partial charge in [-0.25, -0.2) is 4.98 Å². The molecule has 0 fully saturated rings. The van der Waals surface area contributed by atoms with Crippen LogP contribution in [0.5, 0.6) is 0 Å². The third-order valence-corrected chi connectivity index (χ3v) is 3.56. The van der Waals surface area contributed by atoms with Crippen molar-refractivity contribution in [3.05, 3.63) is 22.9 Å². The van der Waals surface area contributed by atoms with E-state index >= 15 is 0 Å². The fourth-order valence-corrected chi connectivity index (χ4v) is 2.29. The van der Waals surface area contributed by atoms with Crippen LogP contribution in [-0.2, 0) is 17.6 Å². The quantitative estimate of drug-likeness (QED) is 0.749. The Morgan fingerprint density at radius 2 is 2.15 bits per heavy atom. The van der Waals surface area contributed by atoms with E-state index in [0.717, 1.165) is 36.9 Å². The van der Waals surface area contributed by atoms with Crippen LogP contribution >= 0.6 is 0 Å². The van der Waals surface area contributed by atoms with Crippen LogP contribution in [0.1, 0.15) is 41.4 Å². The molecule has 0 saturated carbocycles. The lowest BCUT2D eigenvalue weighted by atomic mass is 9.94. The topological polar surface area (TPSA) is 105 Å². The molecule has 0 bridgehead atoms. The van der Waals surface area contributed by atoms with Crippen molar-refractivity contribution in [1.29, 1.82) is 0 Å². The van der Waals surface area contributed by atoms with Crippen LogP contribution in [0.3, 0.4) is 0 Å². The predicted octanol–water partition coefficient (Wildman–Crippen LogP) is 1.19. The van der Waals surface area contributed by atoms with E-state index in [9.17, 15) is 9.59 Å². The van der Waals surface area contributed by atoms with Crippen LogP contribution < -0.4 is 11.1 Å². The number of aromatic nitrogens is 1. The highest BCUT2D eigenvalue weighted by Gasteiger charge is 2.19. The van der Waals surface area contributed by atoms with Gasteiger partial charge in [0.25, 0.3) is 5.91 Å². The number of aliphatic carboxylic acids is 1. The first-order chi connectivity index (χ1) is 9.49. The molecule has 1 aromatic rings. The standard InChI is InChI=1S/C14H19N3O3/c1-8(14(19)20)7-16-13-10(12(15)18)6-9-4-2-3-5-11(9)17-13/h6,8H,2-5,7H2,1H3,(H2,15,18)(H,16,17)(H,19,20). The van der Waals surface area contributed by atoms with Gasteiger partial charge in [0.05, 0.1) is 11.5 Å². The van der Waals surface area contributed by atoms with Crippen molar-refractivity contribution in [3.63, 3.8) is 0 Å². The van der Waals surface area contributed by atoms with Gasteiger partial charge in [-0.2, -0.15) is 0 Å². The summed E-state index contributed by atoms with van der Waals surface area (Å²) in [4.78, 5) is 26.8. The Labute approximate surface area is 117 Å².